The van der Waals surface area contributed by atoms with Crippen molar-refractivity contribution in [3.05, 3.63) is 22.8 Å². The molecule has 0 aromatic carbocycles. The van der Waals surface area contributed by atoms with Gasteiger partial charge in [0.25, 0.3) is 0 Å². The van der Waals surface area contributed by atoms with Crippen LogP contribution in [0.1, 0.15) is 32.4 Å². The minimum atomic E-state index is -0.106. The molecular weight excluding hydrogens is 236 g/mol. The number of aliphatic hydroxyl groups is 1. The maximum absolute atomic E-state index is 9.18. The Kier molecular flexibility index (Phi) is 3.89. The molecule has 94 valence electrons. The second kappa shape index (κ2) is 5.23. The lowest BCUT2D eigenvalue weighted by atomic mass is 9.93. The Bertz CT molecular complexity index is 397. The van der Waals surface area contributed by atoms with E-state index in [1.807, 2.05) is 12.1 Å². The average molecular weight is 255 g/mol. The molecule has 2 rings (SSSR count). The van der Waals surface area contributed by atoms with Gasteiger partial charge in [0.05, 0.1) is 17.3 Å². The van der Waals surface area contributed by atoms with Crippen molar-refractivity contribution in [2.75, 3.05) is 11.4 Å². The van der Waals surface area contributed by atoms with Gasteiger partial charge in [-0.2, -0.15) is 0 Å². The van der Waals surface area contributed by atoms with Crippen molar-refractivity contribution < 1.29 is 5.11 Å². The van der Waals surface area contributed by atoms with Crippen LogP contribution in [0.4, 0.5) is 5.82 Å². The summed E-state index contributed by atoms with van der Waals surface area (Å²) in [4.78, 5) is 6.73. The van der Waals surface area contributed by atoms with Crippen LogP contribution in [-0.2, 0) is 6.61 Å². The van der Waals surface area contributed by atoms with E-state index in [9.17, 15) is 5.11 Å². The number of hydrogen-bond donors (Lipinski definition) is 1. The fourth-order valence-corrected chi connectivity index (χ4v) is 2.66. The minimum absolute atomic E-state index is 0.106. The highest BCUT2D eigenvalue weighted by atomic mass is 35.5. The first-order valence-corrected chi connectivity index (χ1v) is 6.52. The molecule has 0 amide bonds. The summed E-state index contributed by atoms with van der Waals surface area (Å²) in [6.45, 7) is 5.44. The van der Waals surface area contributed by atoms with Gasteiger partial charge in [-0.3, -0.25) is 0 Å². The van der Waals surface area contributed by atoms with Gasteiger partial charge >= 0.3 is 0 Å². The van der Waals surface area contributed by atoms with Crippen LogP contribution >= 0.6 is 11.6 Å². The highest BCUT2D eigenvalue weighted by molar-refractivity contribution is 6.31. The molecular formula is C13H19ClN2O. The molecule has 2 heterocycles. The maximum Gasteiger partial charge on any atom is 0.129 e. The van der Waals surface area contributed by atoms with Gasteiger partial charge in [0, 0.05) is 12.6 Å². The van der Waals surface area contributed by atoms with Gasteiger partial charge < -0.3 is 10.0 Å². The third kappa shape index (κ3) is 2.72. The molecule has 1 aromatic heterocycles. The second-order valence-corrected chi connectivity index (χ2v) is 5.34. The van der Waals surface area contributed by atoms with Gasteiger partial charge in [0.15, 0.2) is 0 Å². The second-order valence-electron chi connectivity index (χ2n) is 4.93. The van der Waals surface area contributed by atoms with Crippen LogP contribution in [0.5, 0.6) is 0 Å². The third-order valence-corrected chi connectivity index (χ3v) is 3.83. The fraction of sp³-hybridized carbons (Fsp3) is 0.615. The molecule has 1 aliphatic rings. The van der Waals surface area contributed by atoms with E-state index in [1.165, 1.54) is 12.8 Å². The number of nitrogens with zero attached hydrogens (tertiary/aromatic N) is 2. The highest BCUT2D eigenvalue weighted by Gasteiger charge is 2.24. The SMILES string of the molecule is CC1CCN(c2ccc(Cl)c(CO)n2)C(C)C1. The van der Waals surface area contributed by atoms with E-state index >= 15 is 0 Å². The molecule has 0 saturated carbocycles. The summed E-state index contributed by atoms with van der Waals surface area (Å²) in [5.74, 6) is 1.71. The molecule has 17 heavy (non-hydrogen) atoms. The Morgan fingerprint density at radius 1 is 1.47 bits per heavy atom. The van der Waals surface area contributed by atoms with E-state index in [-0.39, 0.29) is 6.61 Å². The number of pyridine rings is 1. The quantitative estimate of drug-likeness (QED) is 0.882. The topological polar surface area (TPSA) is 36.4 Å². The van der Waals surface area contributed by atoms with Crippen LogP contribution in [0.2, 0.25) is 5.02 Å². The molecule has 0 bridgehead atoms. The Labute approximate surface area is 107 Å². The van der Waals surface area contributed by atoms with Crippen LogP contribution in [0.15, 0.2) is 12.1 Å². The zero-order chi connectivity index (χ0) is 12.4. The molecule has 1 fully saturated rings. The van der Waals surface area contributed by atoms with E-state index < -0.39 is 0 Å². The molecule has 1 saturated heterocycles. The first-order chi connectivity index (χ1) is 8.11. The first kappa shape index (κ1) is 12.7. The van der Waals surface area contributed by atoms with Gasteiger partial charge in [0.2, 0.25) is 0 Å². The summed E-state index contributed by atoms with van der Waals surface area (Å²) in [5, 5.41) is 9.72. The van der Waals surface area contributed by atoms with Crippen molar-refractivity contribution in [1.29, 1.82) is 0 Å². The molecule has 2 unspecified atom stereocenters. The monoisotopic (exact) mass is 254 g/mol. The van der Waals surface area contributed by atoms with E-state index in [0.717, 1.165) is 18.3 Å². The van der Waals surface area contributed by atoms with Crippen molar-refractivity contribution in [2.45, 2.75) is 39.3 Å². The van der Waals surface area contributed by atoms with Crippen molar-refractivity contribution in [3.8, 4) is 0 Å². The minimum Gasteiger partial charge on any atom is -0.390 e. The third-order valence-electron chi connectivity index (χ3n) is 3.49. The van der Waals surface area contributed by atoms with E-state index in [2.05, 4.69) is 23.7 Å². The zero-order valence-corrected chi connectivity index (χ0v) is 11.1. The average Bonchev–Trinajstić information content (AvgIpc) is 2.30. The Hall–Kier alpha value is -0.800. The van der Waals surface area contributed by atoms with E-state index in [4.69, 9.17) is 11.6 Å². The first-order valence-electron chi connectivity index (χ1n) is 6.14. The molecule has 1 aromatic rings. The lowest BCUT2D eigenvalue weighted by molar-refractivity contribution is 0.276. The number of piperidine rings is 1. The summed E-state index contributed by atoms with van der Waals surface area (Å²) in [5.41, 5.74) is 0.565. The standard InChI is InChI=1S/C13H19ClN2O/c1-9-5-6-16(10(2)7-9)13-4-3-11(14)12(8-17)15-13/h3-4,9-10,17H,5-8H2,1-2H3. The zero-order valence-electron chi connectivity index (χ0n) is 10.4. The molecule has 0 aliphatic carbocycles. The molecule has 1 aliphatic heterocycles. The van der Waals surface area contributed by atoms with Gasteiger partial charge in [-0.15, -0.1) is 0 Å². The molecule has 1 N–H and O–H groups in total. The maximum atomic E-state index is 9.18. The smallest absolute Gasteiger partial charge is 0.129 e. The normalized spacial score (nSPS) is 25.1. The van der Waals surface area contributed by atoms with Crippen LogP contribution < -0.4 is 4.90 Å². The van der Waals surface area contributed by atoms with E-state index in [0.29, 0.717) is 16.8 Å². The van der Waals surface area contributed by atoms with Crippen LogP contribution in [0, 0.1) is 5.92 Å². The van der Waals surface area contributed by atoms with Crippen LogP contribution in [0.25, 0.3) is 0 Å². The predicted molar refractivity (Wildman–Crippen MR) is 70.4 cm³/mol. The van der Waals surface area contributed by atoms with Gasteiger partial charge in [-0.1, -0.05) is 18.5 Å². The molecule has 2 atom stereocenters. The van der Waals surface area contributed by atoms with Crippen LogP contribution in [-0.4, -0.2) is 22.7 Å². The molecule has 3 nitrogen and oxygen atoms in total. The Balaban J connectivity index is 2.22. The Morgan fingerprint density at radius 2 is 2.24 bits per heavy atom. The summed E-state index contributed by atoms with van der Waals surface area (Å²) >= 11 is 5.95. The lowest BCUT2D eigenvalue weighted by Gasteiger charge is -2.37. The summed E-state index contributed by atoms with van der Waals surface area (Å²) in [7, 11) is 0. The summed E-state index contributed by atoms with van der Waals surface area (Å²) in [6.07, 6.45) is 2.39. The number of aliphatic hydroxyl groups excluding tert-OH is 1. The van der Waals surface area contributed by atoms with Gasteiger partial charge in [0.1, 0.15) is 5.82 Å². The summed E-state index contributed by atoms with van der Waals surface area (Å²) in [6, 6.07) is 4.26. The number of rotatable bonds is 2. The molecule has 4 heteroatoms. The van der Waals surface area contributed by atoms with Crippen molar-refractivity contribution >= 4 is 17.4 Å². The number of anilines is 1. The molecule has 0 spiro atoms. The largest absolute Gasteiger partial charge is 0.390 e. The van der Waals surface area contributed by atoms with Gasteiger partial charge in [-0.05, 0) is 37.8 Å². The number of halogens is 1. The lowest BCUT2D eigenvalue weighted by Crippen LogP contribution is -2.40. The summed E-state index contributed by atoms with van der Waals surface area (Å²) < 4.78 is 0. The molecule has 0 radical (unpaired) electrons. The van der Waals surface area contributed by atoms with E-state index in [1.54, 1.807) is 0 Å². The number of aromatic nitrogens is 1. The van der Waals surface area contributed by atoms with Crippen LogP contribution in [0.3, 0.4) is 0 Å². The fourth-order valence-electron chi connectivity index (χ4n) is 2.49. The van der Waals surface area contributed by atoms with Crippen molar-refractivity contribution in [2.24, 2.45) is 5.92 Å². The van der Waals surface area contributed by atoms with Crippen molar-refractivity contribution in [1.82, 2.24) is 4.98 Å². The predicted octanol–water partition coefficient (Wildman–Crippen LogP) is 2.85. The highest BCUT2D eigenvalue weighted by Crippen LogP contribution is 2.28. The Morgan fingerprint density at radius 3 is 2.88 bits per heavy atom. The number of hydrogen-bond acceptors (Lipinski definition) is 3. The van der Waals surface area contributed by atoms with Crippen molar-refractivity contribution in [3.63, 3.8) is 0 Å². The van der Waals surface area contributed by atoms with Gasteiger partial charge in [-0.25, -0.2) is 4.98 Å².